The number of ether oxygens (including phenoxy) is 1. The molecule has 0 saturated heterocycles. The van der Waals surface area contributed by atoms with Gasteiger partial charge >= 0.3 is 0 Å². The maximum Gasteiger partial charge on any atom is 0.189 e. The molecule has 0 spiro atoms. The van der Waals surface area contributed by atoms with Crippen LogP contribution >= 0.6 is 23.2 Å². The normalized spacial score (nSPS) is 14.1. The van der Waals surface area contributed by atoms with Gasteiger partial charge in [-0.05, 0) is 30.2 Å². The van der Waals surface area contributed by atoms with E-state index in [2.05, 4.69) is 10.3 Å². The summed E-state index contributed by atoms with van der Waals surface area (Å²) in [6.45, 7) is 2.69. The lowest BCUT2D eigenvalue weighted by atomic mass is 10.1. The Morgan fingerprint density at radius 2 is 1.96 bits per heavy atom. The minimum absolute atomic E-state index is 0.144. The van der Waals surface area contributed by atoms with Crippen LogP contribution in [0.25, 0.3) is 0 Å². The number of rotatable bonds is 8. The first-order chi connectivity index (χ1) is 12.5. The van der Waals surface area contributed by atoms with Crippen molar-refractivity contribution in [2.45, 2.75) is 25.7 Å². The quantitative estimate of drug-likeness (QED) is 0.471. The van der Waals surface area contributed by atoms with E-state index in [1.165, 1.54) is 0 Å². The van der Waals surface area contributed by atoms with E-state index >= 15 is 0 Å². The van der Waals surface area contributed by atoms with Gasteiger partial charge in [0.2, 0.25) is 0 Å². The fourth-order valence-corrected chi connectivity index (χ4v) is 2.91. The Kier molecular flexibility index (Phi) is 8.19. The number of nitrogens with zero attached hydrogens (tertiary/aromatic N) is 1. The highest BCUT2D eigenvalue weighted by atomic mass is 35.5. The maximum atomic E-state index is 9.95. The van der Waals surface area contributed by atoms with E-state index in [4.69, 9.17) is 33.7 Å². The standard InChI is InChI=1S/C19H23Cl2N3O2/c1-13(17-8-7-15(20)9-18(17)21)24-19(22)23-10-16(25)12-26-11-14-5-3-2-4-6-14/h2-9,13,16,25H,10-12H2,1H3,(H3,22,23,24). The molecule has 2 unspecified atom stereocenters. The van der Waals surface area contributed by atoms with Crippen LogP contribution in [0.2, 0.25) is 10.0 Å². The van der Waals surface area contributed by atoms with Crippen LogP contribution in [0, 0.1) is 0 Å². The molecule has 2 rings (SSSR count). The number of hydrogen-bond donors (Lipinski definition) is 3. The predicted molar refractivity (Wildman–Crippen MR) is 107 cm³/mol. The number of hydrogen-bond acceptors (Lipinski definition) is 3. The number of aliphatic hydroxyl groups excluding tert-OH is 1. The zero-order valence-corrected chi connectivity index (χ0v) is 16.0. The lowest BCUT2D eigenvalue weighted by molar-refractivity contribution is 0.0331. The van der Waals surface area contributed by atoms with Crippen molar-refractivity contribution in [1.29, 1.82) is 0 Å². The van der Waals surface area contributed by atoms with Gasteiger partial charge in [-0.3, -0.25) is 4.99 Å². The highest BCUT2D eigenvalue weighted by molar-refractivity contribution is 6.35. The fraction of sp³-hybridized carbons (Fsp3) is 0.316. The average Bonchev–Trinajstić information content (AvgIpc) is 2.60. The second-order valence-electron chi connectivity index (χ2n) is 5.91. The van der Waals surface area contributed by atoms with E-state index in [1.807, 2.05) is 43.3 Å². The summed E-state index contributed by atoms with van der Waals surface area (Å²) in [4.78, 5) is 4.15. The predicted octanol–water partition coefficient (Wildman–Crippen LogP) is 3.54. The third-order valence-corrected chi connectivity index (χ3v) is 4.25. The van der Waals surface area contributed by atoms with E-state index in [9.17, 15) is 5.11 Å². The van der Waals surface area contributed by atoms with Crippen molar-refractivity contribution in [1.82, 2.24) is 5.32 Å². The largest absolute Gasteiger partial charge is 0.389 e. The minimum Gasteiger partial charge on any atom is -0.389 e. The van der Waals surface area contributed by atoms with Gasteiger partial charge in [0.1, 0.15) is 0 Å². The maximum absolute atomic E-state index is 9.95. The summed E-state index contributed by atoms with van der Waals surface area (Å²) in [6, 6.07) is 14.9. The summed E-state index contributed by atoms with van der Waals surface area (Å²) in [5.74, 6) is 0.227. The van der Waals surface area contributed by atoms with Gasteiger partial charge in [0.05, 0.1) is 31.9 Å². The third kappa shape index (κ3) is 6.84. The Labute approximate surface area is 163 Å². The first kappa shape index (κ1) is 20.5. The van der Waals surface area contributed by atoms with E-state index in [1.54, 1.807) is 12.1 Å². The lowest BCUT2D eigenvalue weighted by Gasteiger charge is -2.17. The van der Waals surface area contributed by atoms with Crippen molar-refractivity contribution in [3.63, 3.8) is 0 Å². The summed E-state index contributed by atoms with van der Waals surface area (Å²) in [7, 11) is 0. The summed E-state index contributed by atoms with van der Waals surface area (Å²) in [5.41, 5.74) is 7.79. The van der Waals surface area contributed by atoms with Crippen LogP contribution in [0.15, 0.2) is 53.5 Å². The Morgan fingerprint density at radius 1 is 1.23 bits per heavy atom. The molecule has 140 valence electrons. The Bertz CT molecular complexity index is 726. The molecular weight excluding hydrogens is 373 g/mol. The molecule has 0 aliphatic carbocycles. The van der Waals surface area contributed by atoms with Gasteiger partial charge in [0, 0.05) is 10.0 Å². The van der Waals surface area contributed by atoms with Gasteiger partial charge in [-0.1, -0.05) is 59.6 Å². The summed E-state index contributed by atoms with van der Waals surface area (Å²) >= 11 is 12.1. The highest BCUT2D eigenvalue weighted by Crippen LogP contribution is 2.25. The van der Waals surface area contributed by atoms with Crippen molar-refractivity contribution in [2.24, 2.45) is 10.7 Å². The highest BCUT2D eigenvalue weighted by Gasteiger charge is 2.11. The molecule has 0 radical (unpaired) electrons. The molecule has 0 aliphatic heterocycles. The zero-order valence-electron chi connectivity index (χ0n) is 14.5. The number of nitrogens with two attached hydrogens (primary N) is 1. The number of benzene rings is 2. The molecule has 2 atom stereocenters. The lowest BCUT2D eigenvalue weighted by Crippen LogP contribution is -2.35. The van der Waals surface area contributed by atoms with E-state index in [0.717, 1.165) is 11.1 Å². The van der Waals surface area contributed by atoms with Gasteiger partial charge in [-0.15, -0.1) is 0 Å². The van der Waals surface area contributed by atoms with Crippen LogP contribution in [-0.2, 0) is 11.3 Å². The van der Waals surface area contributed by atoms with Crippen LogP contribution in [0.5, 0.6) is 0 Å². The van der Waals surface area contributed by atoms with Gasteiger partial charge in [0.15, 0.2) is 5.96 Å². The van der Waals surface area contributed by atoms with Crippen molar-refractivity contribution in [3.05, 3.63) is 69.7 Å². The molecule has 2 aromatic carbocycles. The number of aliphatic hydroxyl groups is 1. The number of aliphatic imine (C=N–C) groups is 1. The fourth-order valence-electron chi connectivity index (χ4n) is 2.34. The molecule has 0 heterocycles. The van der Waals surface area contributed by atoms with Gasteiger partial charge in [-0.2, -0.15) is 0 Å². The van der Waals surface area contributed by atoms with Gasteiger partial charge in [0.25, 0.3) is 0 Å². The molecule has 26 heavy (non-hydrogen) atoms. The average molecular weight is 396 g/mol. The van der Waals surface area contributed by atoms with Crippen LogP contribution in [0.4, 0.5) is 0 Å². The van der Waals surface area contributed by atoms with Gasteiger partial charge < -0.3 is 20.9 Å². The number of nitrogens with one attached hydrogen (secondary N) is 1. The van der Waals surface area contributed by atoms with Crippen LogP contribution in [0.1, 0.15) is 24.1 Å². The summed E-state index contributed by atoms with van der Waals surface area (Å²) in [6.07, 6.45) is -0.728. The van der Waals surface area contributed by atoms with Crippen LogP contribution in [0.3, 0.4) is 0 Å². The van der Waals surface area contributed by atoms with Crippen molar-refractivity contribution >= 4 is 29.2 Å². The van der Waals surface area contributed by atoms with Crippen LogP contribution in [-0.4, -0.2) is 30.3 Å². The molecule has 4 N–H and O–H groups in total. The molecule has 0 fully saturated rings. The second-order valence-corrected chi connectivity index (χ2v) is 6.76. The van der Waals surface area contributed by atoms with Crippen molar-refractivity contribution in [3.8, 4) is 0 Å². The van der Waals surface area contributed by atoms with Crippen molar-refractivity contribution in [2.75, 3.05) is 13.2 Å². The third-order valence-electron chi connectivity index (χ3n) is 3.69. The smallest absolute Gasteiger partial charge is 0.189 e. The van der Waals surface area contributed by atoms with E-state index in [-0.39, 0.29) is 25.2 Å². The Balaban J connectivity index is 1.76. The molecule has 2 aromatic rings. The molecule has 0 saturated carbocycles. The molecule has 0 bridgehead atoms. The summed E-state index contributed by atoms with van der Waals surface area (Å²) in [5, 5.41) is 14.1. The molecule has 7 heteroatoms. The molecular formula is C19H23Cl2N3O2. The SMILES string of the molecule is CC(NC(N)=NCC(O)COCc1ccccc1)c1ccc(Cl)cc1Cl. The van der Waals surface area contributed by atoms with Crippen LogP contribution < -0.4 is 11.1 Å². The van der Waals surface area contributed by atoms with Gasteiger partial charge in [-0.25, -0.2) is 0 Å². The molecule has 5 nitrogen and oxygen atoms in total. The molecule has 0 amide bonds. The minimum atomic E-state index is -0.728. The van der Waals surface area contributed by atoms with E-state index in [0.29, 0.717) is 16.7 Å². The molecule has 0 aromatic heterocycles. The molecule has 0 aliphatic rings. The zero-order chi connectivity index (χ0) is 18.9. The number of halogens is 2. The second kappa shape index (κ2) is 10.4. The first-order valence-electron chi connectivity index (χ1n) is 8.27. The monoisotopic (exact) mass is 395 g/mol. The summed E-state index contributed by atoms with van der Waals surface area (Å²) < 4.78 is 5.48. The Hall–Kier alpha value is -1.79. The Morgan fingerprint density at radius 3 is 2.65 bits per heavy atom. The van der Waals surface area contributed by atoms with Crippen molar-refractivity contribution < 1.29 is 9.84 Å². The van der Waals surface area contributed by atoms with E-state index < -0.39 is 6.10 Å². The first-order valence-corrected chi connectivity index (χ1v) is 9.02. The topological polar surface area (TPSA) is 79.9 Å². The number of guanidine groups is 1.